The van der Waals surface area contributed by atoms with Crippen LogP contribution in [0.1, 0.15) is 11.4 Å². The number of benzene rings is 1. The molecule has 2 N–H and O–H groups in total. The van der Waals surface area contributed by atoms with Gasteiger partial charge >= 0.3 is 0 Å². The van der Waals surface area contributed by atoms with Gasteiger partial charge in [-0.1, -0.05) is 12.1 Å². The van der Waals surface area contributed by atoms with Crippen molar-refractivity contribution in [2.45, 2.75) is 19.0 Å². The second-order valence-electron chi connectivity index (χ2n) is 4.36. The number of aromatic nitrogens is 1. The fourth-order valence-electron chi connectivity index (χ4n) is 2.19. The molecule has 0 spiro atoms. The molecule has 1 unspecified atom stereocenters. The zero-order valence-electron chi connectivity index (χ0n) is 9.91. The third-order valence-corrected chi connectivity index (χ3v) is 4.03. The van der Waals surface area contributed by atoms with Crippen LogP contribution in [0, 0.1) is 0 Å². The van der Waals surface area contributed by atoms with Crippen LogP contribution >= 0.6 is 36.2 Å². The number of thiazole rings is 1. The number of hydrogen-bond donors (Lipinski definition) is 1. The van der Waals surface area contributed by atoms with E-state index in [1.54, 1.807) is 11.3 Å². The summed E-state index contributed by atoms with van der Waals surface area (Å²) >= 11 is 1.79. The van der Waals surface area contributed by atoms with E-state index < -0.39 is 0 Å². The summed E-state index contributed by atoms with van der Waals surface area (Å²) in [6.45, 7) is 3.07. The third-order valence-electron chi connectivity index (χ3n) is 3.01. The van der Waals surface area contributed by atoms with E-state index in [-0.39, 0.29) is 24.8 Å². The lowest BCUT2D eigenvalue weighted by molar-refractivity contribution is 0.326. The minimum Gasteiger partial charge on any atom is -0.326 e. The number of halogens is 2. The smallest absolute Gasteiger partial charge is 0.108 e. The van der Waals surface area contributed by atoms with Gasteiger partial charge in [-0.25, -0.2) is 4.98 Å². The average molecular weight is 306 g/mol. The van der Waals surface area contributed by atoms with E-state index in [2.05, 4.69) is 28.1 Å². The standard InChI is InChI=1S/C12H15N3S.2ClH/c13-9-5-6-15(7-9)8-12-14-10-3-1-2-4-11(10)16-12;;/h1-4,9H,5-8,13H2;2*1H. The van der Waals surface area contributed by atoms with Crippen LogP contribution in [0.5, 0.6) is 0 Å². The summed E-state index contributed by atoms with van der Waals surface area (Å²) in [6, 6.07) is 8.67. The van der Waals surface area contributed by atoms with Gasteiger partial charge in [0, 0.05) is 19.1 Å². The van der Waals surface area contributed by atoms with Crippen LogP contribution in [0.3, 0.4) is 0 Å². The quantitative estimate of drug-likeness (QED) is 0.927. The Balaban J connectivity index is 0.000000810. The van der Waals surface area contributed by atoms with Crippen molar-refractivity contribution in [3.05, 3.63) is 29.3 Å². The van der Waals surface area contributed by atoms with Gasteiger partial charge < -0.3 is 5.73 Å². The fourth-order valence-corrected chi connectivity index (χ4v) is 3.19. The molecule has 1 aliphatic heterocycles. The Kier molecular flexibility index (Phi) is 5.82. The largest absolute Gasteiger partial charge is 0.326 e. The van der Waals surface area contributed by atoms with Gasteiger partial charge in [0.2, 0.25) is 0 Å². The maximum absolute atomic E-state index is 5.90. The topological polar surface area (TPSA) is 42.1 Å². The molecule has 0 aliphatic carbocycles. The molecule has 1 fully saturated rings. The number of fused-ring (bicyclic) bond motifs is 1. The molecule has 100 valence electrons. The summed E-state index contributed by atoms with van der Waals surface area (Å²) in [5, 5.41) is 1.20. The number of likely N-dealkylation sites (tertiary alicyclic amines) is 1. The first-order chi connectivity index (χ1) is 7.81. The summed E-state index contributed by atoms with van der Waals surface area (Å²) in [5.74, 6) is 0. The van der Waals surface area contributed by atoms with Gasteiger partial charge in [-0.05, 0) is 18.6 Å². The normalized spacial score (nSPS) is 19.5. The summed E-state index contributed by atoms with van der Waals surface area (Å²) in [7, 11) is 0. The maximum atomic E-state index is 5.90. The van der Waals surface area contributed by atoms with Crippen LogP contribution < -0.4 is 5.73 Å². The highest BCUT2D eigenvalue weighted by Gasteiger charge is 2.19. The van der Waals surface area contributed by atoms with Crippen LogP contribution in [0.2, 0.25) is 0 Å². The first-order valence-corrected chi connectivity index (χ1v) is 6.45. The molecular formula is C12H17Cl2N3S. The molecule has 2 heterocycles. The molecule has 1 saturated heterocycles. The molecule has 0 amide bonds. The molecule has 0 saturated carbocycles. The van der Waals surface area contributed by atoms with Crippen molar-refractivity contribution in [3.63, 3.8) is 0 Å². The molecule has 1 atom stereocenters. The lowest BCUT2D eigenvalue weighted by atomic mass is 10.3. The van der Waals surface area contributed by atoms with Crippen molar-refractivity contribution in [1.82, 2.24) is 9.88 Å². The van der Waals surface area contributed by atoms with Crippen molar-refractivity contribution in [2.24, 2.45) is 5.73 Å². The molecule has 0 bridgehead atoms. The van der Waals surface area contributed by atoms with Gasteiger partial charge in [-0.2, -0.15) is 0 Å². The second-order valence-corrected chi connectivity index (χ2v) is 5.47. The first-order valence-electron chi connectivity index (χ1n) is 5.63. The molecule has 3 rings (SSSR count). The van der Waals surface area contributed by atoms with Gasteiger partial charge in [0.1, 0.15) is 5.01 Å². The molecule has 1 aromatic heterocycles. The Bertz CT molecular complexity index is 470. The number of nitrogens with zero attached hydrogens (tertiary/aromatic N) is 2. The molecule has 0 radical (unpaired) electrons. The Hall–Kier alpha value is -0.390. The van der Waals surface area contributed by atoms with E-state index in [0.717, 1.165) is 31.6 Å². The van der Waals surface area contributed by atoms with Crippen LogP contribution in [0.25, 0.3) is 10.2 Å². The average Bonchev–Trinajstić information content (AvgIpc) is 2.84. The SMILES string of the molecule is Cl.Cl.NC1CCN(Cc2nc3ccccc3s2)C1. The number of para-hydroxylation sites is 1. The van der Waals surface area contributed by atoms with E-state index in [0.29, 0.717) is 6.04 Å². The zero-order chi connectivity index (χ0) is 11.0. The summed E-state index contributed by atoms with van der Waals surface area (Å²) in [6.07, 6.45) is 1.12. The van der Waals surface area contributed by atoms with Crippen molar-refractivity contribution in [1.29, 1.82) is 0 Å². The van der Waals surface area contributed by atoms with Crippen molar-refractivity contribution in [3.8, 4) is 0 Å². The van der Waals surface area contributed by atoms with E-state index in [9.17, 15) is 0 Å². The Morgan fingerprint density at radius 2 is 2.11 bits per heavy atom. The van der Waals surface area contributed by atoms with E-state index in [1.807, 2.05) is 6.07 Å². The second kappa shape index (κ2) is 6.68. The van der Waals surface area contributed by atoms with Gasteiger partial charge in [0.15, 0.2) is 0 Å². The summed E-state index contributed by atoms with van der Waals surface area (Å²) < 4.78 is 1.28. The molecule has 1 aromatic carbocycles. The molecule has 6 heteroatoms. The van der Waals surface area contributed by atoms with Crippen LogP contribution in [0.4, 0.5) is 0 Å². The molecule has 3 nitrogen and oxygen atoms in total. The zero-order valence-corrected chi connectivity index (χ0v) is 12.4. The van der Waals surface area contributed by atoms with E-state index in [1.165, 1.54) is 9.71 Å². The molecule has 1 aliphatic rings. The maximum Gasteiger partial charge on any atom is 0.108 e. The lowest BCUT2D eigenvalue weighted by Crippen LogP contribution is -2.26. The third kappa shape index (κ3) is 3.33. The van der Waals surface area contributed by atoms with Crippen LogP contribution in [-0.2, 0) is 6.54 Å². The van der Waals surface area contributed by atoms with E-state index in [4.69, 9.17) is 5.73 Å². The first kappa shape index (κ1) is 15.7. The van der Waals surface area contributed by atoms with Gasteiger partial charge in [-0.3, -0.25) is 4.90 Å². The highest BCUT2D eigenvalue weighted by atomic mass is 35.5. The van der Waals surface area contributed by atoms with E-state index >= 15 is 0 Å². The van der Waals surface area contributed by atoms with Crippen molar-refractivity contribution in [2.75, 3.05) is 13.1 Å². The summed E-state index contributed by atoms with van der Waals surface area (Å²) in [4.78, 5) is 7.03. The minimum atomic E-state index is 0. The Labute approximate surface area is 123 Å². The Morgan fingerprint density at radius 1 is 1.33 bits per heavy atom. The Morgan fingerprint density at radius 3 is 2.78 bits per heavy atom. The van der Waals surface area contributed by atoms with Crippen molar-refractivity contribution < 1.29 is 0 Å². The highest BCUT2D eigenvalue weighted by molar-refractivity contribution is 7.18. The number of hydrogen-bond acceptors (Lipinski definition) is 4. The highest BCUT2D eigenvalue weighted by Crippen LogP contribution is 2.23. The number of rotatable bonds is 2. The monoisotopic (exact) mass is 305 g/mol. The predicted octanol–water partition coefficient (Wildman–Crippen LogP) is 2.67. The summed E-state index contributed by atoms with van der Waals surface area (Å²) in [5.41, 5.74) is 7.01. The van der Waals surface area contributed by atoms with Crippen LogP contribution in [0.15, 0.2) is 24.3 Å². The minimum absolute atomic E-state index is 0. The fraction of sp³-hybridized carbons (Fsp3) is 0.417. The predicted molar refractivity (Wildman–Crippen MR) is 82.0 cm³/mol. The van der Waals surface area contributed by atoms with Crippen LogP contribution in [-0.4, -0.2) is 29.0 Å². The van der Waals surface area contributed by atoms with Gasteiger partial charge in [0.25, 0.3) is 0 Å². The molecule has 2 aromatic rings. The molecular weight excluding hydrogens is 289 g/mol. The van der Waals surface area contributed by atoms with Gasteiger partial charge in [-0.15, -0.1) is 36.2 Å². The number of nitrogens with two attached hydrogens (primary N) is 1. The molecule has 18 heavy (non-hydrogen) atoms. The van der Waals surface area contributed by atoms with Gasteiger partial charge in [0.05, 0.1) is 16.8 Å². The van der Waals surface area contributed by atoms with Crippen molar-refractivity contribution >= 4 is 46.4 Å². The lowest BCUT2D eigenvalue weighted by Gasteiger charge is -2.12.